The zero-order chi connectivity index (χ0) is 36.1. The number of amides is 2. The van der Waals surface area contributed by atoms with Gasteiger partial charge in [0, 0.05) is 23.2 Å². The highest BCUT2D eigenvalue weighted by molar-refractivity contribution is 9.10. The van der Waals surface area contributed by atoms with E-state index >= 15 is 0 Å². The van der Waals surface area contributed by atoms with Gasteiger partial charge in [-0.05, 0) is 106 Å². The van der Waals surface area contributed by atoms with Crippen molar-refractivity contribution in [2.75, 3.05) is 6.54 Å². The summed E-state index contributed by atoms with van der Waals surface area (Å²) in [5, 5.41) is 0.435. The molecule has 2 aliphatic carbocycles. The van der Waals surface area contributed by atoms with E-state index in [2.05, 4.69) is 25.6 Å². The number of thiazole rings is 1. The number of carbonyl (C=O) groups excluding carboxylic acids is 3. The highest BCUT2D eigenvalue weighted by atomic mass is 79.9. The molecule has 13 heteroatoms. The maximum Gasteiger partial charge on any atom is 0.274 e. The smallest absolute Gasteiger partial charge is 0.274 e. The second-order valence-electron chi connectivity index (χ2n) is 15.2. The number of rotatable bonds is 7. The number of ether oxygens (including phenoxy) is 1. The van der Waals surface area contributed by atoms with Gasteiger partial charge in [0.05, 0.1) is 33.0 Å². The van der Waals surface area contributed by atoms with Crippen molar-refractivity contribution in [2.45, 2.75) is 101 Å². The molecule has 3 heterocycles. The van der Waals surface area contributed by atoms with Crippen LogP contribution in [0.25, 0.3) is 10.2 Å². The van der Waals surface area contributed by atoms with E-state index in [9.17, 15) is 27.2 Å². The van der Waals surface area contributed by atoms with Gasteiger partial charge in [0.1, 0.15) is 11.9 Å². The Bertz CT molecular complexity index is 1990. The number of halogens is 2. The molecule has 272 valence electrons. The SMILES string of the molecule is Cc1cc(F)cc(C[C@H]2CCCCC/C=C\[C@@H]3C[C@@]3(C(=O)NS(=O)(=O)C3(C)CC3)CC(=O)[C@@H]3C[C@@H](Oc4nc5ccc(Br)cc5s4)CN3C2=O)c1. The number of nitrogens with one attached hydrogen (secondary N) is 1. The molecule has 4 aliphatic rings. The summed E-state index contributed by atoms with van der Waals surface area (Å²) in [6.07, 6.45) is 9.04. The molecule has 9 nitrogen and oxygen atoms in total. The molecule has 5 atom stereocenters. The zero-order valence-electron chi connectivity index (χ0n) is 28.8. The molecule has 1 aromatic heterocycles. The molecule has 2 amide bonds. The third-order valence-corrected chi connectivity index (χ3v) is 14.7. The van der Waals surface area contributed by atoms with Crippen LogP contribution in [0.5, 0.6) is 5.19 Å². The van der Waals surface area contributed by atoms with Gasteiger partial charge in [0.15, 0.2) is 5.78 Å². The number of sulfonamides is 1. The highest BCUT2D eigenvalue weighted by Gasteiger charge is 2.62. The van der Waals surface area contributed by atoms with E-state index in [1.54, 1.807) is 11.8 Å². The number of Topliss-reactive ketones (excluding diaryl/α,β-unsaturated/α-hetero) is 1. The van der Waals surface area contributed by atoms with E-state index < -0.39 is 44.2 Å². The van der Waals surface area contributed by atoms with Gasteiger partial charge in [0.2, 0.25) is 21.8 Å². The number of hydrogen-bond acceptors (Lipinski definition) is 8. The van der Waals surface area contributed by atoms with Crippen molar-refractivity contribution in [1.82, 2.24) is 14.6 Å². The molecule has 0 unspecified atom stereocenters. The van der Waals surface area contributed by atoms with Crippen molar-refractivity contribution in [2.24, 2.45) is 17.3 Å². The summed E-state index contributed by atoms with van der Waals surface area (Å²) in [7, 11) is -3.91. The van der Waals surface area contributed by atoms with Gasteiger partial charge in [-0.1, -0.05) is 58.3 Å². The fraction of sp³-hybridized carbons (Fsp3) is 0.526. The lowest BCUT2D eigenvalue weighted by atomic mass is 9.89. The normalized spacial score (nSPS) is 28.7. The average Bonchev–Trinajstić information content (AvgIpc) is 3.87. The number of aromatic nitrogens is 1. The van der Waals surface area contributed by atoms with Gasteiger partial charge in [-0.15, -0.1) is 0 Å². The number of ketones is 1. The molecule has 3 aromatic rings. The van der Waals surface area contributed by atoms with Crippen LogP contribution in [0.1, 0.15) is 82.3 Å². The number of hydrogen-bond donors (Lipinski definition) is 1. The number of nitrogens with zero attached hydrogens (tertiary/aromatic N) is 2. The van der Waals surface area contributed by atoms with Crippen molar-refractivity contribution in [1.29, 1.82) is 0 Å². The van der Waals surface area contributed by atoms with Crippen molar-refractivity contribution in [3.05, 3.63) is 70.0 Å². The Kier molecular flexibility index (Phi) is 9.94. The van der Waals surface area contributed by atoms with Crippen LogP contribution in [0.4, 0.5) is 4.39 Å². The minimum atomic E-state index is -3.91. The summed E-state index contributed by atoms with van der Waals surface area (Å²) in [6.45, 7) is 3.60. The molecule has 1 N–H and O–H groups in total. The second-order valence-corrected chi connectivity index (χ2v) is 19.3. The Labute approximate surface area is 310 Å². The molecule has 2 aliphatic heterocycles. The monoisotopic (exact) mass is 799 g/mol. The first kappa shape index (κ1) is 36.2. The first-order valence-corrected chi connectivity index (χ1v) is 20.9. The van der Waals surface area contributed by atoms with Crippen molar-refractivity contribution in [3.63, 3.8) is 0 Å². The molecule has 7 rings (SSSR count). The number of benzene rings is 2. The van der Waals surface area contributed by atoms with Gasteiger partial charge >= 0.3 is 0 Å². The lowest BCUT2D eigenvalue weighted by Crippen LogP contribution is -2.47. The number of allylic oxidation sites excluding steroid dienone is 2. The molecule has 2 saturated carbocycles. The van der Waals surface area contributed by atoms with Crippen LogP contribution < -0.4 is 9.46 Å². The Morgan fingerprint density at radius 2 is 1.96 bits per heavy atom. The summed E-state index contributed by atoms with van der Waals surface area (Å²) in [4.78, 5) is 49.2. The fourth-order valence-electron chi connectivity index (χ4n) is 7.70. The average molecular weight is 801 g/mol. The number of carbonyl (C=O) groups is 3. The minimum absolute atomic E-state index is 0.156. The van der Waals surface area contributed by atoms with E-state index in [0.29, 0.717) is 37.3 Å². The number of aryl methyl sites for hydroxylation is 1. The summed E-state index contributed by atoms with van der Waals surface area (Å²) in [5.41, 5.74) is 1.06. The Morgan fingerprint density at radius 3 is 2.73 bits per heavy atom. The maximum absolute atomic E-state index is 14.6. The van der Waals surface area contributed by atoms with Crippen LogP contribution in [0.15, 0.2) is 53.0 Å². The van der Waals surface area contributed by atoms with Crippen LogP contribution in [-0.2, 0) is 30.8 Å². The summed E-state index contributed by atoms with van der Waals surface area (Å²) < 4.78 is 50.3. The molecule has 0 bridgehead atoms. The molecular formula is C38H43BrFN3O6S2. The lowest BCUT2D eigenvalue weighted by Gasteiger charge is -2.29. The maximum atomic E-state index is 14.6. The van der Waals surface area contributed by atoms with Gasteiger partial charge in [-0.2, -0.15) is 0 Å². The standard InChI is InChI=1S/C38H43BrFN3O6S2/c1-23-14-24(17-28(40)15-23)16-25-8-6-4-3-5-7-9-26-20-38(26,35(46)42-51(47,48)37(2)12-13-37)21-32(44)31-19-29(22-43(31)34(25)45)49-36-41-30-11-10-27(39)18-33(30)50-36/h7,9-11,14-15,17-18,25-26,29,31H,3-6,8,12-13,16,19-22H2,1-2H3,(H,42,46)/b9-7-/t25-,26-,29-,31+,38-/m1/s1. The quantitative estimate of drug-likeness (QED) is 0.251. The van der Waals surface area contributed by atoms with E-state index in [0.717, 1.165) is 51.5 Å². The zero-order valence-corrected chi connectivity index (χ0v) is 32.0. The first-order chi connectivity index (χ1) is 24.2. The molecule has 0 radical (unpaired) electrons. The second kappa shape index (κ2) is 14.0. The van der Waals surface area contributed by atoms with Crippen molar-refractivity contribution < 1.29 is 31.9 Å². The van der Waals surface area contributed by atoms with Crippen LogP contribution in [0.2, 0.25) is 0 Å². The summed E-state index contributed by atoms with van der Waals surface area (Å²) in [6, 6.07) is 9.70. The van der Waals surface area contributed by atoms with Crippen LogP contribution >= 0.6 is 27.3 Å². The molecule has 1 saturated heterocycles. The van der Waals surface area contributed by atoms with E-state index in [4.69, 9.17) is 4.74 Å². The highest BCUT2D eigenvalue weighted by Crippen LogP contribution is 2.57. The van der Waals surface area contributed by atoms with Crippen LogP contribution in [-0.4, -0.2) is 59.3 Å². The van der Waals surface area contributed by atoms with E-state index in [1.165, 1.54) is 23.5 Å². The van der Waals surface area contributed by atoms with Crippen LogP contribution in [0, 0.1) is 30.0 Å². The Hall–Kier alpha value is -3.16. The van der Waals surface area contributed by atoms with E-state index in [-0.39, 0.29) is 42.8 Å². The molecular weight excluding hydrogens is 757 g/mol. The van der Waals surface area contributed by atoms with Crippen molar-refractivity contribution in [3.8, 4) is 5.19 Å². The first-order valence-electron chi connectivity index (χ1n) is 17.8. The number of fused-ring (bicyclic) bond motifs is 3. The molecule has 51 heavy (non-hydrogen) atoms. The molecule has 0 spiro atoms. The third kappa shape index (κ3) is 7.67. The summed E-state index contributed by atoms with van der Waals surface area (Å²) >= 11 is 4.88. The van der Waals surface area contributed by atoms with Crippen LogP contribution in [0.3, 0.4) is 0 Å². The third-order valence-electron chi connectivity index (χ3n) is 11.1. The predicted molar refractivity (Wildman–Crippen MR) is 197 cm³/mol. The van der Waals surface area contributed by atoms with Gasteiger partial charge in [-0.25, -0.2) is 17.8 Å². The van der Waals surface area contributed by atoms with E-state index in [1.807, 2.05) is 43.3 Å². The predicted octanol–water partition coefficient (Wildman–Crippen LogP) is 7.20. The molecule has 2 aromatic carbocycles. The van der Waals surface area contributed by atoms with Gasteiger partial charge in [0.25, 0.3) is 5.19 Å². The van der Waals surface area contributed by atoms with Gasteiger partial charge in [-0.3, -0.25) is 19.1 Å². The Morgan fingerprint density at radius 1 is 1.16 bits per heavy atom. The topological polar surface area (TPSA) is 123 Å². The summed E-state index contributed by atoms with van der Waals surface area (Å²) in [5.74, 6) is -2.26. The minimum Gasteiger partial charge on any atom is -0.465 e. The van der Waals surface area contributed by atoms with Gasteiger partial charge < -0.3 is 9.64 Å². The van der Waals surface area contributed by atoms with Crippen molar-refractivity contribution >= 4 is 65.1 Å². The Balaban J connectivity index is 1.19. The largest absolute Gasteiger partial charge is 0.465 e. The fourth-order valence-corrected chi connectivity index (χ4v) is 10.5. The lowest BCUT2D eigenvalue weighted by molar-refractivity contribution is -0.142. The molecule has 3 fully saturated rings.